The van der Waals surface area contributed by atoms with E-state index in [-0.39, 0.29) is 37.2 Å². The summed E-state index contributed by atoms with van der Waals surface area (Å²) in [5.74, 6) is 0.0734. The SMILES string of the molecule is COc1ccc(N(CCCC(=O)N(Cc2ccccc2)[C@@H](C)C(=O)NC2CCCCC2)S(C)(=O)=O)cc1Cl. The molecule has 1 saturated carbocycles. The van der Waals surface area contributed by atoms with Gasteiger partial charge in [-0.15, -0.1) is 0 Å². The summed E-state index contributed by atoms with van der Waals surface area (Å²) in [6.45, 7) is 2.14. The van der Waals surface area contributed by atoms with Crippen LogP contribution in [-0.2, 0) is 26.2 Å². The predicted octanol–water partition coefficient (Wildman–Crippen LogP) is 4.76. The molecule has 0 spiro atoms. The Bertz CT molecular complexity index is 1190. The Hall–Kier alpha value is -2.78. The van der Waals surface area contributed by atoms with Gasteiger partial charge in [0.05, 0.1) is 24.1 Å². The molecule has 1 aliphatic rings. The van der Waals surface area contributed by atoms with Crippen LogP contribution in [0.2, 0.25) is 5.02 Å². The second-order valence-electron chi connectivity index (χ2n) is 9.78. The average Bonchev–Trinajstić information content (AvgIpc) is 2.89. The van der Waals surface area contributed by atoms with Gasteiger partial charge in [0, 0.05) is 25.6 Å². The lowest BCUT2D eigenvalue weighted by atomic mass is 9.95. The summed E-state index contributed by atoms with van der Waals surface area (Å²) in [5, 5.41) is 3.42. The molecule has 1 fully saturated rings. The second kappa shape index (κ2) is 13.8. The molecular formula is C28H38ClN3O5S. The zero-order chi connectivity index (χ0) is 27.7. The smallest absolute Gasteiger partial charge is 0.242 e. The van der Waals surface area contributed by atoms with Crippen molar-refractivity contribution in [2.24, 2.45) is 0 Å². The number of halogens is 1. The number of rotatable bonds is 12. The first-order valence-electron chi connectivity index (χ1n) is 13.0. The number of carbonyl (C=O) groups excluding carboxylic acids is 2. The molecule has 3 rings (SSSR count). The number of sulfonamides is 1. The van der Waals surface area contributed by atoms with Crippen LogP contribution in [0.4, 0.5) is 5.69 Å². The van der Waals surface area contributed by atoms with E-state index in [1.165, 1.54) is 23.9 Å². The largest absolute Gasteiger partial charge is 0.495 e. The third-order valence-electron chi connectivity index (χ3n) is 6.89. The van der Waals surface area contributed by atoms with Gasteiger partial charge in [-0.3, -0.25) is 13.9 Å². The van der Waals surface area contributed by atoms with Gasteiger partial charge in [-0.25, -0.2) is 8.42 Å². The molecular weight excluding hydrogens is 526 g/mol. The minimum atomic E-state index is -3.62. The van der Waals surface area contributed by atoms with Crippen molar-refractivity contribution in [3.63, 3.8) is 0 Å². The van der Waals surface area contributed by atoms with Crippen LogP contribution in [0.5, 0.6) is 5.75 Å². The van der Waals surface area contributed by atoms with E-state index in [4.69, 9.17) is 16.3 Å². The van der Waals surface area contributed by atoms with Crippen molar-refractivity contribution < 1.29 is 22.7 Å². The van der Waals surface area contributed by atoms with Crippen molar-refractivity contribution in [1.29, 1.82) is 0 Å². The summed E-state index contributed by atoms with van der Waals surface area (Å²) < 4.78 is 31.5. The van der Waals surface area contributed by atoms with Crippen LogP contribution < -0.4 is 14.4 Å². The number of carbonyl (C=O) groups is 2. The number of nitrogens with one attached hydrogen (secondary N) is 1. The van der Waals surface area contributed by atoms with E-state index in [0.717, 1.165) is 37.5 Å². The summed E-state index contributed by atoms with van der Waals surface area (Å²) >= 11 is 6.22. The zero-order valence-corrected chi connectivity index (χ0v) is 23.9. The number of hydrogen-bond donors (Lipinski definition) is 1. The van der Waals surface area contributed by atoms with Crippen molar-refractivity contribution in [3.8, 4) is 5.75 Å². The van der Waals surface area contributed by atoms with E-state index in [2.05, 4.69) is 5.32 Å². The molecule has 0 unspecified atom stereocenters. The lowest BCUT2D eigenvalue weighted by molar-refractivity contribution is -0.141. The third-order valence-corrected chi connectivity index (χ3v) is 8.38. The predicted molar refractivity (Wildman–Crippen MR) is 151 cm³/mol. The van der Waals surface area contributed by atoms with Crippen molar-refractivity contribution in [3.05, 3.63) is 59.1 Å². The minimum absolute atomic E-state index is 0.0871. The van der Waals surface area contributed by atoms with Gasteiger partial charge in [-0.05, 0) is 49.9 Å². The Labute approximate surface area is 231 Å². The molecule has 1 atom stereocenters. The summed E-state index contributed by atoms with van der Waals surface area (Å²) in [5.41, 5.74) is 1.32. The summed E-state index contributed by atoms with van der Waals surface area (Å²) in [6, 6.07) is 13.8. The number of hydrogen-bond acceptors (Lipinski definition) is 5. The van der Waals surface area contributed by atoms with E-state index in [9.17, 15) is 18.0 Å². The maximum Gasteiger partial charge on any atom is 0.242 e. The highest BCUT2D eigenvalue weighted by Crippen LogP contribution is 2.30. The van der Waals surface area contributed by atoms with Crippen LogP contribution in [0.25, 0.3) is 0 Å². The summed E-state index contributed by atoms with van der Waals surface area (Å²) in [6.07, 6.45) is 6.79. The average molecular weight is 564 g/mol. The van der Waals surface area contributed by atoms with Crippen LogP contribution in [0.3, 0.4) is 0 Å². The topological polar surface area (TPSA) is 96.0 Å². The van der Waals surface area contributed by atoms with Crippen LogP contribution >= 0.6 is 11.6 Å². The summed E-state index contributed by atoms with van der Waals surface area (Å²) in [7, 11) is -2.14. The number of methoxy groups -OCH3 is 1. The molecule has 0 saturated heterocycles. The fraction of sp³-hybridized carbons (Fsp3) is 0.500. The maximum absolute atomic E-state index is 13.4. The molecule has 0 aliphatic heterocycles. The van der Waals surface area contributed by atoms with Gasteiger partial charge >= 0.3 is 0 Å². The van der Waals surface area contributed by atoms with Crippen LogP contribution in [-0.4, -0.2) is 57.1 Å². The summed E-state index contributed by atoms with van der Waals surface area (Å²) in [4.78, 5) is 28.1. The van der Waals surface area contributed by atoms with Crippen LogP contribution in [0, 0.1) is 0 Å². The molecule has 0 heterocycles. The van der Waals surface area contributed by atoms with E-state index in [0.29, 0.717) is 23.0 Å². The maximum atomic E-state index is 13.4. The lowest BCUT2D eigenvalue weighted by Crippen LogP contribution is -2.50. The Balaban J connectivity index is 1.70. The Morgan fingerprint density at radius 1 is 1.11 bits per heavy atom. The van der Waals surface area contributed by atoms with Gasteiger partial charge < -0.3 is 15.0 Å². The number of benzene rings is 2. The molecule has 38 heavy (non-hydrogen) atoms. The third kappa shape index (κ3) is 8.36. The van der Waals surface area contributed by atoms with E-state index < -0.39 is 16.1 Å². The van der Waals surface area contributed by atoms with Gasteiger partial charge in [-0.1, -0.05) is 61.2 Å². The molecule has 8 nitrogen and oxygen atoms in total. The van der Waals surface area contributed by atoms with Crippen LogP contribution in [0.1, 0.15) is 57.4 Å². The monoisotopic (exact) mass is 563 g/mol. The van der Waals surface area contributed by atoms with Crippen LogP contribution in [0.15, 0.2) is 48.5 Å². The second-order valence-corrected chi connectivity index (χ2v) is 12.1. The van der Waals surface area contributed by atoms with E-state index in [1.54, 1.807) is 24.0 Å². The molecule has 0 radical (unpaired) electrons. The molecule has 0 aromatic heterocycles. The molecule has 0 bridgehead atoms. The van der Waals surface area contributed by atoms with Gasteiger partial charge in [0.15, 0.2) is 0 Å². The Morgan fingerprint density at radius 3 is 2.39 bits per heavy atom. The molecule has 2 amide bonds. The van der Waals surface area contributed by atoms with Gasteiger partial charge in [0.25, 0.3) is 0 Å². The molecule has 2 aromatic carbocycles. The highest BCUT2D eigenvalue weighted by molar-refractivity contribution is 7.92. The van der Waals surface area contributed by atoms with Crippen molar-refractivity contribution in [2.75, 3.05) is 24.2 Å². The lowest BCUT2D eigenvalue weighted by Gasteiger charge is -2.31. The molecule has 1 aliphatic carbocycles. The highest BCUT2D eigenvalue weighted by Gasteiger charge is 2.28. The van der Waals surface area contributed by atoms with Gasteiger partial charge in [-0.2, -0.15) is 0 Å². The van der Waals surface area contributed by atoms with E-state index >= 15 is 0 Å². The number of anilines is 1. The standard InChI is InChI=1S/C28H38ClN3O5S/c1-21(28(34)30-23-13-8-5-9-14-23)31(20-22-11-6-4-7-12-22)27(33)15-10-18-32(38(3,35)36)24-16-17-26(37-2)25(29)19-24/h4,6-7,11-12,16-17,19,21,23H,5,8-10,13-15,18,20H2,1-3H3,(H,30,34)/t21-/m0/s1. The number of ether oxygens (including phenoxy) is 1. The fourth-order valence-electron chi connectivity index (χ4n) is 4.75. The Morgan fingerprint density at radius 2 is 1.79 bits per heavy atom. The minimum Gasteiger partial charge on any atom is -0.495 e. The molecule has 2 aromatic rings. The first-order chi connectivity index (χ1) is 18.1. The van der Waals surface area contributed by atoms with Gasteiger partial charge in [0.1, 0.15) is 11.8 Å². The van der Waals surface area contributed by atoms with E-state index in [1.807, 2.05) is 30.3 Å². The Kier molecular flexibility index (Phi) is 10.8. The van der Waals surface area contributed by atoms with Gasteiger partial charge in [0.2, 0.25) is 21.8 Å². The quantitative estimate of drug-likeness (QED) is 0.401. The fourth-order valence-corrected chi connectivity index (χ4v) is 5.95. The number of nitrogens with zero attached hydrogens (tertiary/aromatic N) is 2. The zero-order valence-electron chi connectivity index (χ0n) is 22.4. The first-order valence-corrected chi connectivity index (χ1v) is 15.3. The molecule has 208 valence electrons. The normalized spacial score (nSPS) is 14.9. The van der Waals surface area contributed by atoms with Crippen molar-refractivity contribution >= 4 is 39.1 Å². The van der Waals surface area contributed by atoms with Crippen molar-refractivity contribution in [2.45, 2.75) is 70.5 Å². The molecule has 1 N–H and O–H groups in total. The first kappa shape index (κ1) is 29.8. The van der Waals surface area contributed by atoms with Crippen molar-refractivity contribution in [1.82, 2.24) is 10.2 Å². The molecule has 10 heteroatoms. The highest BCUT2D eigenvalue weighted by atomic mass is 35.5. The number of amides is 2.